The van der Waals surface area contributed by atoms with E-state index in [4.69, 9.17) is 0 Å². The van der Waals surface area contributed by atoms with E-state index in [0.29, 0.717) is 0 Å². The number of aromatic nitrogens is 1. The maximum atomic E-state index is 4.34. The first kappa shape index (κ1) is 12.6. The normalized spacial score (nSPS) is 15.5. The van der Waals surface area contributed by atoms with Crippen LogP contribution >= 0.6 is 15.9 Å². The van der Waals surface area contributed by atoms with E-state index in [1.54, 1.807) is 5.57 Å². The highest BCUT2D eigenvalue weighted by Crippen LogP contribution is 2.24. The van der Waals surface area contributed by atoms with Crippen LogP contribution < -0.4 is 5.32 Å². The number of rotatable bonds is 4. The number of nitrogens with zero attached hydrogens (tertiary/aromatic N) is 1. The number of halogens is 1. The van der Waals surface area contributed by atoms with E-state index in [2.05, 4.69) is 39.2 Å². The Kier molecular flexibility index (Phi) is 4.60. The molecule has 0 aromatic carbocycles. The van der Waals surface area contributed by atoms with Gasteiger partial charge in [-0.05, 0) is 66.6 Å². The van der Waals surface area contributed by atoms with Gasteiger partial charge in [0.2, 0.25) is 0 Å². The molecular weight excluding hydrogens is 276 g/mol. The van der Waals surface area contributed by atoms with Gasteiger partial charge in [0.15, 0.2) is 0 Å². The molecular formula is C14H19BrN2. The van der Waals surface area contributed by atoms with Crippen molar-refractivity contribution in [1.29, 1.82) is 0 Å². The zero-order chi connectivity index (χ0) is 12.1. The number of allylic oxidation sites excluding steroid dienone is 1. The van der Waals surface area contributed by atoms with Gasteiger partial charge in [-0.15, -0.1) is 0 Å². The van der Waals surface area contributed by atoms with Gasteiger partial charge in [-0.1, -0.05) is 11.6 Å². The quantitative estimate of drug-likeness (QED) is 0.830. The molecule has 0 atom stereocenters. The monoisotopic (exact) mass is 294 g/mol. The van der Waals surface area contributed by atoms with Crippen LogP contribution in [0.1, 0.15) is 37.7 Å². The second-order valence-corrected chi connectivity index (χ2v) is 5.37. The van der Waals surface area contributed by atoms with Crippen molar-refractivity contribution in [2.75, 3.05) is 11.9 Å². The molecule has 0 spiro atoms. The summed E-state index contributed by atoms with van der Waals surface area (Å²) in [6.45, 7) is 3.06. The molecule has 2 rings (SSSR count). The fraction of sp³-hybridized carbons (Fsp3) is 0.500. The molecule has 1 aliphatic carbocycles. The van der Waals surface area contributed by atoms with Crippen LogP contribution in [0.25, 0.3) is 0 Å². The number of hydrogen-bond acceptors (Lipinski definition) is 2. The summed E-state index contributed by atoms with van der Waals surface area (Å²) in [7, 11) is 0. The molecule has 1 N–H and O–H groups in total. The summed E-state index contributed by atoms with van der Waals surface area (Å²) >= 11 is 3.57. The lowest BCUT2D eigenvalue weighted by atomic mass is 9.97. The summed E-state index contributed by atoms with van der Waals surface area (Å²) in [5, 5.41) is 3.40. The van der Waals surface area contributed by atoms with Gasteiger partial charge in [0.25, 0.3) is 0 Å². The van der Waals surface area contributed by atoms with Crippen LogP contribution in [0.2, 0.25) is 0 Å². The first-order chi connectivity index (χ1) is 8.27. The van der Waals surface area contributed by atoms with E-state index in [1.807, 2.05) is 12.3 Å². The molecule has 2 nitrogen and oxygen atoms in total. The summed E-state index contributed by atoms with van der Waals surface area (Å²) in [6.07, 6.45) is 10.7. The van der Waals surface area contributed by atoms with E-state index in [9.17, 15) is 0 Å². The van der Waals surface area contributed by atoms with E-state index in [0.717, 1.165) is 23.3 Å². The third-order valence-corrected chi connectivity index (χ3v) is 4.21. The van der Waals surface area contributed by atoms with Crippen LogP contribution in [-0.2, 0) is 0 Å². The zero-order valence-electron chi connectivity index (χ0n) is 10.3. The van der Waals surface area contributed by atoms with Gasteiger partial charge >= 0.3 is 0 Å². The van der Waals surface area contributed by atoms with E-state index < -0.39 is 0 Å². The standard InChI is InChI=1S/C14H19BrN2/c1-11-7-9-16-14(13(11)15)17-10-8-12-5-3-2-4-6-12/h5,7,9H,2-4,6,8,10H2,1H3,(H,16,17). The van der Waals surface area contributed by atoms with Crippen molar-refractivity contribution >= 4 is 21.7 Å². The van der Waals surface area contributed by atoms with Crippen molar-refractivity contribution in [1.82, 2.24) is 4.98 Å². The second kappa shape index (κ2) is 6.20. The van der Waals surface area contributed by atoms with Crippen LogP contribution in [0.3, 0.4) is 0 Å². The first-order valence-electron chi connectivity index (χ1n) is 6.30. The SMILES string of the molecule is Cc1ccnc(NCCC2=CCCCC2)c1Br. The minimum absolute atomic E-state index is 0.960. The third kappa shape index (κ3) is 3.56. The molecule has 0 aliphatic heterocycles. The first-order valence-corrected chi connectivity index (χ1v) is 7.09. The average molecular weight is 295 g/mol. The summed E-state index contributed by atoms with van der Waals surface area (Å²) < 4.78 is 1.08. The van der Waals surface area contributed by atoms with Gasteiger partial charge in [0.05, 0.1) is 4.47 Å². The summed E-state index contributed by atoms with van der Waals surface area (Å²) in [5.74, 6) is 0.960. The number of nitrogens with one attached hydrogen (secondary N) is 1. The fourth-order valence-corrected chi connectivity index (χ4v) is 2.51. The molecule has 0 saturated heterocycles. The Balaban J connectivity index is 1.85. The summed E-state index contributed by atoms with van der Waals surface area (Å²) in [4.78, 5) is 4.34. The minimum atomic E-state index is 0.960. The third-order valence-electron chi connectivity index (χ3n) is 3.21. The van der Waals surface area contributed by atoms with Gasteiger partial charge in [0.1, 0.15) is 5.82 Å². The molecule has 0 amide bonds. The van der Waals surface area contributed by atoms with Crippen LogP contribution in [-0.4, -0.2) is 11.5 Å². The van der Waals surface area contributed by atoms with Gasteiger partial charge in [-0.2, -0.15) is 0 Å². The highest BCUT2D eigenvalue weighted by atomic mass is 79.9. The molecule has 3 heteroatoms. The Bertz CT molecular complexity index is 413. The molecule has 1 aromatic rings. The Hall–Kier alpha value is -0.830. The molecule has 0 fully saturated rings. The van der Waals surface area contributed by atoms with Gasteiger partial charge in [0, 0.05) is 12.7 Å². The molecule has 92 valence electrons. The van der Waals surface area contributed by atoms with Crippen molar-refractivity contribution in [3.63, 3.8) is 0 Å². The molecule has 0 saturated carbocycles. The highest BCUT2D eigenvalue weighted by Gasteiger charge is 2.05. The van der Waals surface area contributed by atoms with Crippen LogP contribution in [0.15, 0.2) is 28.4 Å². The van der Waals surface area contributed by atoms with Gasteiger partial charge in [-0.25, -0.2) is 4.98 Å². The van der Waals surface area contributed by atoms with Gasteiger partial charge < -0.3 is 5.32 Å². The second-order valence-electron chi connectivity index (χ2n) is 4.58. The van der Waals surface area contributed by atoms with Crippen LogP contribution in [0, 0.1) is 6.92 Å². The molecule has 1 aromatic heterocycles. The molecule has 0 unspecified atom stereocenters. The predicted octanol–water partition coefficient (Wildman–Crippen LogP) is 4.45. The van der Waals surface area contributed by atoms with Crippen molar-refractivity contribution in [2.24, 2.45) is 0 Å². The lowest BCUT2D eigenvalue weighted by Crippen LogP contribution is -2.06. The number of hydrogen-bond donors (Lipinski definition) is 1. The Morgan fingerprint density at radius 2 is 2.29 bits per heavy atom. The van der Waals surface area contributed by atoms with Crippen molar-refractivity contribution in [3.8, 4) is 0 Å². The lowest BCUT2D eigenvalue weighted by Gasteiger charge is -2.14. The Labute approximate surface area is 112 Å². The van der Waals surface area contributed by atoms with Crippen LogP contribution in [0.5, 0.6) is 0 Å². The van der Waals surface area contributed by atoms with Crippen LogP contribution in [0.4, 0.5) is 5.82 Å². The lowest BCUT2D eigenvalue weighted by molar-refractivity contribution is 0.679. The average Bonchev–Trinajstić information content (AvgIpc) is 2.36. The predicted molar refractivity (Wildman–Crippen MR) is 76.3 cm³/mol. The smallest absolute Gasteiger partial charge is 0.140 e. The highest BCUT2D eigenvalue weighted by molar-refractivity contribution is 9.10. The topological polar surface area (TPSA) is 24.9 Å². The molecule has 0 bridgehead atoms. The summed E-state index contributed by atoms with van der Waals surface area (Å²) in [6, 6.07) is 2.01. The molecule has 1 heterocycles. The largest absolute Gasteiger partial charge is 0.369 e. The maximum absolute atomic E-state index is 4.34. The van der Waals surface area contributed by atoms with Crippen molar-refractivity contribution in [2.45, 2.75) is 39.0 Å². The summed E-state index contributed by atoms with van der Waals surface area (Å²) in [5.41, 5.74) is 2.83. The number of anilines is 1. The molecule has 17 heavy (non-hydrogen) atoms. The van der Waals surface area contributed by atoms with E-state index >= 15 is 0 Å². The Morgan fingerprint density at radius 1 is 1.41 bits per heavy atom. The Morgan fingerprint density at radius 3 is 3.06 bits per heavy atom. The number of pyridine rings is 1. The van der Waals surface area contributed by atoms with Gasteiger partial charge in [-0.3, -0.25) is 0 Å². The van der Waals surface area contributed by atoms with E-state index in [1.165, 1.54) is 31.2 Å². The van der Waals surface area contributed by atoms with Crippen molar-refractivity contribution in [3.05, 3.63) is 33.9 Å². The van der Waals surface area contributed by atoms with E-state index in [-0.39, 0.29) is 0 Å². The van der Waals surface area contributed by atoms with Crippen molar-refractivity contribution < 1.29 is 0 Å². The number of aryl methyl sites for hydroxylation is 1. The minimum Gasteiger partial charge on any atom is -0.369 e. The molecule has 0 radical (unpaired) electrons. The zero-order valence-corrected chi connectivity index (χ0v) is 11.9. The molecule has 1 aliphatic rings. The fourth-order valence-electron chi connectivity index (χ4n) is 2.14. The maximum Gasteiger partial charge on any atom is 0.140 e.